The summed E-state index contributed by atoms with van der Waals surface area (Å²) in [5.74, 6) is 0.600. The molecule has 1 aromatic heterocycles. The van der Waals surface area contributed by atoms with E-state index in [1.807, 2.05) is 0 Å². The largest absolute Gasteiger partial charge is 0.309 e. The summed E-state index contributed by atoms with van der Waals surface area (Å²) >= 11 is 0. The normalized spacial score (nSPS) is 23.0. The third-order valence-electron chi connectivity index (χ3n) is 9.32. The lowest BCUT2D eigenvalue weighted by Crippen LogP contribution is -2.36. The monoisotopic (exact) mass is 512 g/mol. The number of hydrogen-bond donors (Lipinski definition) is 0. The summed E-state index contributed by atoms with van der Waals surface area (Å²) in [4.78, 5) is 0. The summed E-state index contributed by atoms with van der Waals surface area (Å²) in [5.41, 5.74) is 9.71. The average Bonchev–Trinajstić information content (AvgIpc) is 3.52. The molecule has 40 heavy (non-hydrogen) atoms. The first-order valence-electron chi connectivity index (χ1n) is 14.1. The van der Waals surface area contributed by atoms with Crippen LogP contribution in [0.1, 0.15) is 35.4 Å². The minimum absolute atomic E-state index is 0.276. The highest BCUT2D eigenvalue weighted by molar-refractivity contribution is 6.09. The van der Waals surface area contributed by atoms with E-state index in [2.05, 4.69) is 144 Å². The van der Waals surface area contributed by atoms with Crippen LogP contribution in [0.3, 0.4) is 0 Å². The van der Waals surface area contributed by atoms with Gasteiger partial charge in [-0.3, -0.25) is 0 Å². The van der Waals surface area contributed by atoms with E-state index in [4.69, 9.17) is 0 Å². The molecule has 0 radical (unpaired) electrons. The number of benzene rings is 4. The lowest BCUT2D eigenvalue weighted by Gasteiger charge is -2.41. The number of para-hydroxylation sites is 2. The van der Waals surface area contributed by atoms with Gasteiger partial charge in [-0.1, -0.05) is 103 Å². The van der Waals surface area contributed by atoms with Crippen LogP contribution < -0.4 is 0 Å². The number of aromatic nitrogens is 1. The molecule has 0 saturated carbocycles. The van der Waals surface area contributed by atoms with Gasteiger partial charge in [0.1, 0.15) is 0 Å². The van der Waals surface area contributed by atoms with Gasteiger partial charge in [-0.25, -0.2) is 0 Å². The van der Waals surface area contributed by atoms with Gasteiger partial charge in [-0.2, -0.15) is 5.26 Å². The Balaban J connectivity index is 1.46. The van der Waals surface area contributed by atoms with Crippen molar-refractivity contribution in [3.63, 3.8) is 0 Å². The van der Waals surface area contributed by atoms with Crippen molar-refractivity contribution in [2.45, 2.75) is 24.2 Å². The lowest BCUT2D eigenvalue weighted by atomic mass is 9.61. The fourth-order valence-corrected chi connectivity index (χ4v) is 7.70. The third kappa shape index (κ3) is 3.09. The zero-order valence-electron chi connectivity index (χ0n) is 22.2. The van der Waals surface area contributed by atoms with Crippen molar-refractivity contribution in [1.29, 1.82) is 5.26 Å². The predicted molar refractivity (Wildman–Crippen MR) is 164 cm³/mol. The Kier molecular flexibility index (Phi) is 5.09. The molecule has 0 amide bonds. The van der Waals surface area contributed by atoms with Crippen molar-refractivity contribution in [2.24, 2.45) is 5.92 Å². The fraction of sp³-hybridized carbons (Fsp3) is 0.132. The predicted octanol–water partition coefficient (Wildman–Crippen LogP) is 9.08. The summed E-state index contributed by atoms with van der Waals surface area (Å²) in [5, 5.41) is 12.2. The molecule has 2 heteroatoms. The van der Waals surface area contributed by atoms with Crippen LogP contribution in [-0.4, -0.2) is 4.57 Å². The molecule has 0 saturated heterocycles. The van der Waals surface area contributed by atoms with Gasteiger partial charge >= 0.3 is 0 Å². The molecule has 3 unspecified atom stereocenters. The van der Waals surface area contributed by atoms with E-state index in [1.54, 1.807) is 0 Å². The summed E-state index contributed by atoms with van der Waals surface area (Å²) in [7, 11) is 0. The van der Waals surface area contributed by atoms with Crippen molar-refractivity contribution in [2.75, 3.05) is 0 Å². The molecular formula is C38H28N2. The van der Waals surface area contributed by atoms with Gasteiger partial charge in [0.2, 0.25) is 0 Å². The number of rotatable bonds is 3. The molecule has 1 heterocycles. The zero-order valence-corrected chi connectivity index (χ0v) is 22.2. The van der Waals surface area contributed by atoms with Gasteiger partial charge in [0, 0.05) is 39.3 Å². The Morgan fingerprint density at radius 2 is 1.50 bits per heavy atom. The second kappa shape index (κ2) is 8.83. The van der Waals surface area contributed by atoms with Gasteiger partial charge in [0.05, 0.1) is 17.1 Å². The van der Waals surface area contributed by atoms with Crippen molar-refractivity contribution in [1.82, 2.24) is 4.57 Å². The quantitative estimate of drug-likeness (QED) is 0.237. The van der Waals surface area contributed by atoms with Gasteiger partial charge in [0.15, 0.2) is 0 Å². The van der Waals surface area contributed by atoms with E-state index in [0.717, 1.165) is 18.4 Å². The molecule has 0 N–H and O–H groups in total. The summed E-state index contributed by atoms with van der Waals surface area (Å²) < 4.78 is 2.39. The second-order valence-electron chi connectivity index (χ2n) is 11.1. The first-order chi connectivity index (χ1) is 19.8. The van der Waals surface area contributed by atoms with Crippen LogP contribution in [0.25, 0.3) is 27.5 Å². The fourth-order valence-electron chi connectivity index (χ4n) is 7.70. The van der Waals surface area contributed by atoms with Gasteiger partial charge in [0.25, 0.3) is 0 Å². The second-order valence-corrected chi connectivity index (χ2v) is 11.1. The maximum atomic E-state index is 9.61. The molecule has 0 aliphatic heterocycles. The Bertz CT molecular complexity index is 1980. The maximum Gasteiger partial charge on any atom is 0.0947 e. The van der Waals surface area contributed by atoms with Gasteiger partial charge in [-0.15, -0.1) is 0 Å². The van der Waals surface area contributed by atoms with E-state index in [9.17, 15) is 5.26 Å². The maximum absolute atomic E-state index is 9.61. The molecule has 3 aliphatic rings. The van der Waals surface area contributed by atoms with E-state index in [1.165, 1.54) is 49.8 Å². The van der Waals surface area contributed by atoms with Crippen LogP contribution in [0.4, 0.5) is 0 Å². The third-order valence-corrected chi connectivity index (χ3v) is 9.32. The molecular weight excluding hydrogens is 484 g/mol. The van der Waals surface area contributed by atoms with Crippen molar-refractivity contribution in [3.8, 4) is 11.8 Å². The van der Waals surface area contributed by atoms with Gasteiger partial charge in [-0.05, 0) is 65.9 Å². The SMILES string of the molecule is N#CC1=CC=C(C2(c3ccc4c(c3)c3ccccc3n4-c3ccccc3)c3ccccc3C3C=CC=CC32)CC1. The number of nitriles is 1. The summed E-state index contributed by atoms with van der Waals surface area (Å²) in [6.07, 6.45) is 15.2. The van der Waals surface area contributed by atoms with E-state index < -0.39 is 0 Å². The molecule has 8 rings (SSSR count). The Labute approximate surface area is 234 Å². The Morgan fingerprint density at radius 3 is 2.35 bits per heavy atom. The highest BCUT2D eigenvalue weighted by Gasteiger charge is 2.53. The molecule has 190 valence electrons. The summed E-state index contributed by atoms with van der Waals surface area (Å²) in [6.45, 7) is 0. The molecule has 0 bridgehead atoms. The zero-order chi connectivity index (χ0) is 26.7. The average molecular weight is 513 g/mol. The Morgan fingerprint density at radius 1 is 0.725 bits per heavy atom. The lowest BCUT2D eigenvalue weighted by molar-refractivity contribution is 0.436. The van der Waals surface area contributed by atoms with Crippen LogP contribution in [0.5, 0.6) is 0 Å². The molecule has 3 aliphatic carbocycles. The van der Waals surface area contributed by atoms with Crippen molar-refractivity contribution >= 4 is 21.8 Å². The molecule has 0 spiro atoms. The summed E-state index contributed by atoms with van der Waals surface area (Å²) in [6, 6.07) is 38.0. The highest BCUT2D eigenvalue weighted by Crippen LogP contribution is 2.61. The van der Waals surface area contributed by atoms with Crippen LogP contribution >= 0.6 is 0 Å². The van der Waals surface area contributed by atoms with E-state index >= 15 is 0 Å². The molecule has 4 aromatic carbocycles. The molecule has 5 aromatic rings. The van der Waals surface area contributed by atoms with Crippen LogP contribution in [0.2, 0.25) is 0 Å². The highest BCUT2D eigenvalue weighted by atomic mass is 15.0. The van der Waals surface area contributed by atoms with Crippen molar-refractivity contribution in [3.05, 3.63) is 161 Å². The first kappa shape index (κ1) is 23.1. The minimum atomic E-state index is -0.301. The van der Waals surface area contributed by atoms with E-state index in [-0.39, 0.29) is 11.3 Å². The smallest absolute Gasteiger partial charge is 0.0947 e. The van der Waals surface area contributed by atoms with Crippen molar-refractivity contribution < 1.29 is 0 Å². The van der Waals surface area contributed by atoms with E-state index in [0.29, 0.717) is 5.92 Å². The molecule has 2 nitrogen and oxygen atoms in total. The molecule has 0 fully saturated rings. The van der Waals surface area contributed by atoms with Gasteiger partial charge < -0.3 is 4.57 Å². The van der Waals surface area contributed by atoms with Crippen LogP contribution in [-0.2, 0) is 5.41 Å². The first-order valence-corrected chi connectivity index (χ1v) is 14.1. The topological polar surface area (TPSA) is 28.7 Å². The number of allylic oxidation sites excluding steroid dienone is 8. The number of hydrogen-bond acceptors (Lipinski definition) is 1. The minimum Gasteiger partial charge on any atom is -0.309 e. The van der Waals surface area contributed by atoms with Crippen LogP contribution in [0, 0.1) is 17.2 Å². The molecule has 3 atom stereocenters. The number of fused-ring (bicyclic) bond motifs is 6. The standard InChI is InChI=1S/C38H28N2/c39-25-26-18-20-27(21-19-26)38(34-15-7-4-12-30(34)31-13-5-8-16-35(31)38)28-22-23-37-33(24-28)32-14-6-9-17-36(32)40(37)29-10-2-1-3-11-29/h1-18,20,22-24,30,34H,19,21H2. The van der Waals surface area contributed by atoms with Crippen LogP contribution in [0.15, 0.2) is 145 Å². The Hall–Kier alpha value is -4.87. The number of nitrogens with zero attached hydrogens (tertiary/aromatic N) is 2.